The molecule has 5 nitrogen and oxygen atoms in total. The lowest BCUT2D eigenvalue weighted by molar-refractivity contribution is 0.392. The first-order chi connectivity index (χ1) is 15.7. The quantitative estimate of drug-likeness (QED) is 0.452. The predicted molar refractivity (Wildman–Crippen MR) is 136 cm³/mol. The number of nitrogens with zero attached hydrogens (tertiary/aromatic N) is 3. The highest BCUT2D eigenvalue weighted by Gasteiger charge is 2.26. The molecule has 0 spiro atoms. The van der Waals surface area contributed by atoms with Crippen LogP contribution in [0.15, 0.2) is 63.8 Å². The lowest BCUT2D eigenvalue weighted by atomic mass is 10.1. The third kappa shape index (κ3) is 5.31. The molecule has 1 saturated heterocycles. The van der Waals surface area contributed by atoms with Gasteiger partial charge in [0.05, 0.1) is 16.3 Å². The molecule has 1 aliphatic rings. The van der Waals surface area contributed by atoms with Crippen molar-refractivity contribution in [3.8, 4) is 11.3 Å². The highest BCUT2D eigenvalue weighted by Crippen LogP contribution is 2.29. The topological polar surface area (TPSA) is 54.7 Å². The average molecular weight is 484 g/mol. The van der Waals surface area contributed by atoms with Crippen LogP contribution >= 0.6 is 11.3 Å². The summed E-state index contributed by atoms with van der Waals surface area (Å²) in [5.74, 6) is 0. The smallest absolute Gasteiger partial charge is 0.243 e. The van der Waals surface area contributed by atoms with Crippen molar-refractivity contribution in [1.82, 2.24) is 8.87 Å². The molecule has 7 heteroatoms. The van der Waals surface area contributed by atoms with E-state index in [0.717, 1.165) is 47.4 Å². The van der Waals surface area contributed by atoms with E-state index in [0.29, 0.717) is 18.0 Å². The summed E-state index contributed by atoms with van der Waals surface area (Å²) >= 11 is 1.60. The van der Waals surface area contributed by atoms with E-state index in [2.05, 4.69) is 49.8 Å². The highest BCUT2D eigenvalue weighted by atomic mass is 32.2. The van der Waals surface area contributed by atoms with E-state index in [1.54, 1.807) is 27.8 Å². The van der Waals surface area contributed by atoms with Crippen molar-refractivity contribution in [2.45, 2.75) is 63.8 Å². The number of sulfonamides is 1. The summed E-state index contributed by atoms with van der Waals surface area (Å²) in [5.41, 5.74) is 3.97. The predicted octanol–water partition coefficient (Wildman–Crippen LogP) is 6.08. The summed E-state index contributed by atoms with van der Waals surface area (Å²) < 4.78 is 30.2. The van der Waals surface area contributed by atoms with Crippen LogP contribution in [-0.4, -0.2) is 30.4 Å². The van der Waals surface area contributed by atoms with Crippen molar-refractivity contribution < 1.29 is 8.42 Å². The summed E-state index contributed by atoms with van der Waals surface area (Å²) in [6, 6.07) is 15.5. The zero-order valence-electron chi connectivity index (χ0n) is 19.9. The van der Waals surface area contributed by atoms with Crippen molar-refractivity contribution in [3.63, 3.8) is 0 Å². The van der Waals surface area contributed by atoms with Gasteiger partial charge >= 0.3 is 0 Å². The maximum atomic E-state index is 13.2. The molecular weight excluding hydrogens is 450 g/mol. The molecule has 0 amide bonds. The van der Waals surface area contributed by atoms with Crippen LogP contribution in [0.4, 0.5) is 5.69 Å². The molecule has 0 saturated carbocycles. The molecule has 176 valence electrons. The zero-order chi connectivity index (χ0) is 23.6. The Bertz CT molecular complexity index is 1250. The molecule has 0 aliphatic carbocycles. The molecule has 3 aromatic rings. The normalized spacial score (nSPS) is 16.7. The van der Waals surface area contributed by atoms with E-state index >= 15 is 0 Å². The Morgan fingerprint density at radius 3 is 2.06 bits per heavy atom. The Morgan fingerprint density at radius 2 is 1.48 bits per heavy atom. The van der Waals surface area contributed by atoms with Gasteiger partial charge in [-0.05, 0) is 70.4 Å². The number of aromatic nitrogens is 1. The number of aryl methyl sites for hydroxylation is 1. The molecule has 4 rings (SSSR count). The zero-order valence-corrected chi connectivity index (χ0v) is 21.5. The summed E-state index contributed by atoms with van der Waals surface area (Å²) in [4.78, 5) is 6.19. The van der Waals surface area contributed by atoms with Gasteiger partial charge in [0.1, 0.15) is 0 Å². The van der Waals surface area contributed by atoms with Gasteiger partial charge in [-0.3, -0.25) is 0 Å². The van der Waals surface area contributed by atoms with Crippen molar-refractivity contribution in [1.29, 1.82) is 0 Å². The molecule has 2 aromatic carbocycles. The molecule has 2 heterocycles. The average Bonchev–Trinajstić information content (AvgIpc) is 3.00. The van der Waals surface area contributed by atoms with Gasteiger partial charge in [0.2, 0.25) is 10.0 Å². The molecule has 0 unspecified atom stereocenters. The lowest BCUT2D eigenvalue weighted by Crippen LogP contribution is -2.32. The fourth-order valence-electron chi connectivity index (χ4n) is 4.20. The maximum absolute atomic E-state index is 13.2. The standard InChI is InChI=1S/C26H33N3O2S2/c1-20-9-13-22(14-10-20)27-25-29(26(2,3)4)24(19-32-25)21-11-15-23(16-12-21)33(30,31)28-17-7-5-6-8-18-28/h9-16,19H,5-8,17-18H2,1-4H3. The molecule has 1 aliphatic heterocycles. The monoisotopic (exact) mass is 483 g/mol. The van der Waals surface area contributed by atoms with Crippen LogP contribution in [0.25, 0.3) is 11.3 Å². The van der Waals surface area contributed by atoms with E-state index in [-0.39, 0.29) is 5.54 Å². The first-order valence-corrected chi connectivity index (χ1v) is 13.9. The Hall–Kier alpha value is -2.22. The van der Waals surface area contributed by atoms with Gasteiger partial charge in [-0.25, -0.2) is 13.4 Å². The summed E-state index contributed by atoms with van der Waals surface area (Å²) in [7, 11) is -3.45. The minimum absolute atomic E-state index is 0.185. The first-order valence-electron chi connectivity index (χ1n) is 11.6. The van der Waals surface area contributed by atoms with Gasteiger partial charge in [-0.1, -0.05) is 42.7 Å². The van der Waals surface area contributed by atoms with E-state index in [4.69, 9.17) is 4.99 Å². The number of benzene rings is 2. The van der Waals surface area contributed by atoms with Gasteiger partial charge < -0.3 is 4.57 Å². The highest BCUT2D eigenvalue weighted by molar-refractivity contribution is 7.89. The minimum atomic E-state index is -3.45. The fourth-order valence-corrected chi connectivity index (χ4v) is 6.81. The maximum Gasteiger partial charge on any atom is 0.243 e. The molecule has 0 radical (unpaired) electrons. The van der Waals surface area contributed by atoms with Crippen molar-refractivity contribution in [2.75, 3.05) is 13.1 Å². The Morgan fingerprint density at radius 1 is 0.879 bits per heavy atom. The van der Waals surface area contributed by atoms with Crippen LogP contribution < -0.4 is 4.80 Å². The molecular formula is C26H33N3O2S2. The van der Waals surface area contributed by atoms with Gasteiger partial charge in [0.15, 0.2) is 4.80 Å². The number of hydrogen-bond donors (Lipinski definition) is 0. The van der Waals surface area contributed by atoms with Crippen LogP contribution in [0, 0.1) is 6.92 Å². The summed E-state index contributed by atoms with van der Waals surface area (Å²) in [5, 5.41) is 2.11. The third-order valence-corrected chi connectivity index (χ3v) is 8.73. The molecule has 1 aromatic heterocycles. The summed E-state index contributed by atoms with van der Waals surface area (Å²) in [6.45, 7) is 9.78. The van der Waals surface area contributed by atoms with E-state index in [9.17, 15) is 8.42 Å². The second-order valence-electron chi connectivity index (χ2n) is 9.70. The van der Waals surface area contributed by atoms with Gasteiger partial charge in [-0.15, -0.1) is 11.3 Å². The van der Waals surface area contributed by atoms with Crippen LogP contribution in [0.1, 0.15) is 52.0 Å². The number of hydrogen-bond acceptors (Lipinski definition) is 4. The molecule has 33 heavy (non-hydrogen) atoms. The number of thiazole rings is 1. The van der Waals surface area contributed by atoms with Gasteiger partial charge in [0, 0.05) is 24.0 Å². The first kappa shape index (κ1) is 23.9. The van der Waals surface area contributed by atoms with Crippen LogP contribution in [0.2, 0.25) is 0 Å². The third-order valence-electron chi connectivity index (χ3n) is 5.99. The van der Waals surface area contributed by atoms with Gasteiger partial charge in [0.25, 0.3) is 0 Å². The van der Waals surface area contributed by atoms with Gasteiger partial charge in [-0.2, -0.15) is 4.31 Å². The lowest BCUT2D eigenvalue weighted by Gasteiger charge is -2.24. The Labute approximate surface area is 201 Å². The molecule has 0 bridgehead atoms. The second kappa shape index (κ2) is 9.57. The molecule has 0 N–H and O–H groups in total. The van der Waals surface area contributed by atoms with Crippen LogP contribution in [0.3, 0.4) is 0 Å². The SMILES string of the molecule is Cc1ccc(N=c2scc(-c3ccc(S(=O)(=O)N4CCCCCC4)cc3)n2C(C)(C)C)cc1. The van der Waals surface area contributed by atoms with E-state index < -0.39 is 10.0 Å². The van der Waals surface area contributed by atoms with Crippen LogP contribution in [-0.2, 0) is 15.6 Å². The van der Waals surface area contributed by atoms with Crippen molar-refractivity contribution >= 4 is 27.0 Å². The Balaban J connectivity index is 1.71. The Kier molecular flexibility index (Phi) is 6.93. The minimum Gasteiger partial charge on any atom is -0.311 e. The van der Waals surface area contributed by atoms with Crippen molar-refractivity contribution in [3.05, 3.63) is 64.3 Å². The van der Waals surface area contributed by atoms with E-state index in [1.807, 2.05) is 24.3 Å². The number of rotatable bonds is 4. The second-order valence-corrected chi connectivity index (χ2v) is 12.5. The molecule has 1 fully saturated rings. The van der Waals surface area contributed by atoms with Crippen LogP contribution in [0.5, 0.6) is 0 Å². The fraction of sp³-hybridized carbons (Fsp3) is 0.423. The largest absolute Gasteiger partial charge is 0.311 e. The van der Waals surface area contributed by atoms with E-state index in [1.165, 1.54) is 5.56 Å². The summed E-state index contributed by atoms with van der Waals surface area (Å²) in [6.07, 6.45) is 4.08. The molecule has 0 atom stereocenters. The van der Waals surface area contributed by atoms with Crippen molar-refractivity contribution in [2.24, 2.45) is 4.99 Å².